The van der Waals surface area contributed by atoms with Crippen molar-refractivity contribution >= 4 is 5.69 Å². The highest BCUT2D eigenvalue weighted by molar-refractivity contribution is 5.46. The maximum Gasteiger partial charge on any atom is 0.124 e. The summed E-state index contributed by atoms with van der Waals surface area (Å²) in [5.41, 5.74) is 1.89. The molecule has 1 N–H and O–H groups in total. The lowest BCUT2D eigenvalue weighted by Crippen LogP contribution is -2.24. The number of para-hydroxylation sites is 2. The molecule has 0 aromatic heterocycles. The van der Waals surface area contributed by atoms with Gasteiger partial charge in [-0.05, 0) is 18.2 Å². The van der Waals surface area contributed by atoms with Crippen LogP contribution in [0.15, 0.2) is 54.6 Å². The quantitative estimate of drug-likeness (QED) is 0.894. The van der Waals surface area contributed by atoms with Crippen LogP contribution in [0.3, 0.4) is 0 Å². The highest BCUT2D eigenvalue weighted by Crippen LogP contribution is 2.26. The second-order valence-corrected chi connectivity index (χ2v) is 4.47. The predicted molar refractivity (Wildman–Crippen MR) is 77.7 cm³/mol. The summed E-state index contributed by atoms with van der Waals surface area (Å²) in [6.07, 6.45) is -0.582. The van der Waals surface area contributed by atoms with Crippen molar-refractivity contribution in [2.45, 2.75) is 6.10 Å². The second-order valence-electron chi connectivity index (χ2n) is 4.47. The number of aliphatic hydroxyl groups is 1. The van der Waals surface area contributed by atoms with Crippen molar-refractivity contribution in [3.05, 3.63) is 60.2 Å². The first-order valence-corrected chi connectivity index (χ1v) is 6.29. The van der Waals surface area contributed by atoms with Gasteiger partial charge < -0.3 is 14.7 Å². The van der Waals surface area contributed by atoms with E-state index >= 15 is 0 Å². The normalized spacial score (nSPS) is 11.9. The van der Waals surface area contributed by atoms with Gasteiger partial charge in [0, 0.05) is 24.8 Å². The lowest BCUT2D eigenvalue weighted by molar-refractivity contribution is 0.180. The number of benzene rings is 2. The molecule has 0 saturated heterocycles. The Balaban J connectivity index is 2.11. The molecule has 3 nitrogen and oxygen atoms in total. The van der Waals surface area contributed by atoms with Crippen LogP contribution >= 0.6 is 0 Å². The zero-order valence-electron chi connectivity index (χ0n) is 11.3. The molecule has 0 saturated carbocycles. The van der Waals surface area contributed by atoms with Crippen LogP contribution in [-0.2, 0) is 0 Å². The van der Waals surface area contributed by atoms with Crippen molar-refractivity contribution in [1.29, 1.82) is 0 Å². The third-order valence-corrected chi connectivity index (χ3v) is 3.14. The van der Waals surface area contributed by atoms with E-state index in [1.54, 1.807) is 7.11 Å². The van der Waals surface area contributed by atoms with Gasteiger partial charge in [0.25, 0.3) is 0 Å². The first-order chi connectivity index (χ1) is 9.22. The fourth-order valence-corrected chi connectivity index (χ4v) is 2.09. The molecular formula is C16H19NO2. The summed E-state index contributed by atoms with van der Waals surface area (Å²) < 4.78 is 5.28. The van der Waals surface area contributed by atoms with Crippen LogP contribution in [0.2, 0.25) is 0 Å². The Morgan fingerprint density at radius 1 is 1.05 bits per heavy atom. The summed E-state index contributed by atoms with van der Waals surface area (Å²) in [6.45, 7) is 0.518. The molecule has 3 heteroatoms. The van der Waals surface area contributed by atoms with Crippen LogP contribution in [0.25, 0.3) is 0 Å². The zero-order valence-corrected chi connectivity index (χ0v) is 11.3. The molecule has 2 aromatic carbocycles. The van der Waals surface area contributed by atoms with E-state index in [2.05, 4.69) is 0 Å². The summed E-state index contributed by atoms with van der Waals surface area (Å²) in [5, 5.41) is 10.3. The minimum absolute atomic E-state index is 0.518. The van der Waals surface area contributed by atoms with Gasteiger partial charge in [0.2, 0.25) is 0 Å². The molecule has 0 aliphatic rings. The highest BCUT2D eigenvalue weighted by Gasteiger charge is 2.15. The monoisotopic (exact) mass is 257 g/mol. The molecule has 100 valence electrons. The molecule has 0 aliphatic carbocycles. The van der Waals surface area contributed by atoms with E-state index in [1.165, 1.54) is 0 Å². The molecule has 19 heavy (non-hydrogen) atoms. The number of anilines is 1. The molecule has 0 heterocycles. The van der Waals surface area contributed by atoms with Crippen molar-refractivity contribution in [2.75, 3.05) is 25.6 Å². The van der Waals surface area contributed by atoms with Gasteiger partial charge in [-0.15, -0.1) is 0 Å². The van der Waals surface area contributed by atoms with Gasteiger partial charge in [-0.25, -0.2) is 0 Å². The molecule has 2 aromatic rings. The Bertz CT molecular complexity index is 513. The summed E-state index contributed by atoms with van der Waals surface area (Å²) >= 11 is 0. The van der Waals surface area contributed by atoms with E-state index in [0.29, 0.717) is 6.54 Å². The fraction of sp³-hybridized carbons (Fsp3) is 0.250. The molecule has 0 aliphatic heterocycles. The maximum absolute atomic E-state index is 10.3. The third kappa shape index (κ3) is 3.26. The second kappa shape index (κ2) is 6.25. The molecule has 0 bridgehead atoms. The van der Waals surface area contributed by atoms with Gasteiger partial charge in [-0.2, -0.15) is 0 Å². The smallest absolute Gasteiger partial charge is 0.124 e. The van der Waals surface area contributed by atoms with E-state index in [1.807, 2.05) is 66.5 Å². The zero-order chi connectivity index (χ0) is 13.7. The summed E-state index contributed by atoms with van der Waals surface area (Å²) in [5.74, 6) is 0.719. The van der Waals surface area contributed by atoms with Crippen molar-refractivity contribution in [2.24, 2.45) is 0 Å². The number of hydrogen-bond donors (Lipinski definition) is 1. The Labute approximate surface area is 114 Å². The number of ether oxygens (including phenoxy) is 1. The Morgan fingerprint density at radius 3 is 2.37 bits per heavy atom. The molecule has 2 rings (SSSR count). The molecule has 0 radical (unpaired) electrons. The summed E-state index contributed by atoms with van der Waals surface area (Å²) in [4.78, 5) is 2.02. The first-order valence-electron chi connectivity index (χ1n) is 6.29. The number of rotatable bonds is 5. The Kier molecular flexibility index (Phi) is 4.42. The lowest BCUT2D eigenvalue weighted by atomic mass is 10.1. The standard InChI is InChI=1S/C16H19NO2/c1-17(13-8-4-3-5-9-13)12-15(18)14-10-6-7-11-16(14)19-2/h3-11,15,18H,12H2,1-2H3. The van der Waals surface area contributed by atoms with Crippen molar-refractivity contribution in [1.82, 2.24) is 0 Å². The largest absolute Gasteiger partial charge is 0.496 e. The molecule has 1 unspecified atom stereocenters. The predicted octanol–water partition coefficient (Wildman–Crippen LogP) is 2.87. The van der Waals surface area contributed by atoms with E-state index in [-0.39, 0.29) is 0 Å². The van der Waals surface area contributed by atoms with Gasteiger partial charge >= 0.3 is 0 Å². The van der Waals surface area contributed by atoms with E-state index in [4.69, 9.17) is 4.74 Å². The number of nitrogens with zero attached hydrogens (tertiary/aromatic N) is 1. The van der Waals surface area contributed by atoms with Gasteiger partial charge in [0.1, 0.15) is 5.75 Å². The van der Waals surface area contributed by atoms with Crippen molar-refractivity contribution in [3.63, 3.8) is 0 Å². The van der Waals surface area contributed by atoms with E-state index in [9.17, 15) is 5.11 Å². The first kappa shape index (κ1) is 13.4. The van der Waals surface area contributed by atoms with Gasteiger partial charge in [-0.3, -0.25) is 0 Å². The minimum Gasteiger partial charge on any atom is -0.496 e. The number of aliphatic hydroxyl groups excluding tert-OH is 1. The van der Waals surface area contributed by atoms with Crippen molar-refractivity contribution < 1.29 is 9.84 Å². The van der Waals surface area contributed by atoms with Gasteiger partial charge in [-0.1, -0.05) is 36.4 Å². The third-order valence-electron chi connectivity index (χ3n) is 3.14. The average Bonchev–Trinajstić information content (AvgIpc) is 2.48. The van der Waals surface area contributed by atoms with Crippen LogP contribution in [0.4, 0.5) is 5.69 Å². The highest BCUT2D eigenvalue weighted by atomic mass is 16.5. The van der Waals surface area contributed by atoms with Crippen LogP contribution in [-0.4, -0.2) is 25.8 Å². The average molecular weight is 257 g/mol. The number of likely N-dealkylation sites (N-methyl/N-ethyl adjacent to an activating group) is 1. The summed E-state index contributed by atoms with van der Waals surface area (Å²) in [6, 6.07) is 17.6. The maximum atomic E-state index is 10.3. The summed E-state index contributed by atoms with van der Waals surface area (Å²) in [7, 11) is 3.58. The van der Waals surface area contributed by atoms with Crippen LogP contribution in [0, 0.1) is 0 Å². The molecular weight excluding hydrogens is 238 g/mol. The Morgan fingerprint density at radius 2 is 1.68 bits per heavy atom. The van der Waals surface area contributed by atoms with Crippen LogP contribution in [0.1, 0.15) is 11.7 Å². The van der Waals surface area contributed by atoms with E-state index in [0.717, 1.165) is 17.0 Å². The van der Waals surface area contributed by atoms with Crippen LogP contribution in [0.5, 0.6) is 5.75 Å². The van der Waals surface area contributed by atoms with E-state index < -0.39 is 6.10 Å². The fourth-order valence-electron chi connectivity index (χ4n) is 2.09. The topological polar surface area (TPSA) is 32.7 Å². The molecule has 1 atom stereocenters. The van der Waals surface area contributed by atoms with Crippen molar-refractivity contribution in [3.8, 4) is 5.75 Å². The van der Waals surface area contributed by atoms with Gasteiger partial charge in [0.05, 0.1) is 13.2 Å². The minimum atomic E-state index is -0.582. The molecule has 0 fully saturated rings. The lowest BCUT2D eigenvalue weighted by Gasteiger charge is -2.23. The van der Waals surface area contributed by atoms with Crippen LogP contribution < -0.4 is 9.64 Å². The SMILES string of the molecule is COc1ccccc1C(O)CN(C)c1ccccc1. The number of methoxy groups -OCH3 is 1. The molecule has 0 spiro atoms. The Hall–Kier alpha value is -2.00. The number of hydrogen-bond acceptors (Lipinski definition) is 3. The van der Waals surface area contributed by atoms with Gasteiger partial charge in [0.15, 0.2) is 0 Å². The molecule has 0 amide bonds.